The van der Waals surface area contributed by atoms with Gasteiger partial charge in [0.05, 0.1) is 34.6 Å². The van der Waals surface area contributed by atoms with Crippen molar-refractivity contribution in [3.63, 3.8) is 0 Å². The Bertz CT molecular complexity index is 1310. The Morgan fingerprint density at radius 2 is 1.86 bits per heavy atom. The lowest BCUT2D eigenvalue weighted by Gasteiger charge is -2.29. The highest BCUT2D eigenvalue weighted by Crippen LogP contribution is 2.40. The van der Waals surface area contributed by atoms with Crippen LogP contribution in [-0.2, 0) is 9.53 Å². The van der Waals surface area contributed by atoms with E-state index in [4.69, 9.17) is 55.0 Å². The minimum absolute atomic E-state index is 0.0289. The summed E-state index contributed by atoms with van der Waals surface area (Å²) in [6.07, 6.45) is 3.37. The van der Waals surface area contributed by atoms with E-state index in [1.165, 1.54) is 0 Å². The second-order valence-electron chi connectivity index (χ2n) is 9.16. The van der Waals surface area contributed by atoms with E-state index in [1.54, 1.807) is 18.3 Å². The van der Waals surface area contributed by atoms with Gasteiger partial charge in [-0.05, 0) is 44.2 Å². The number of amides is 1. The van der Waals surface area contributed by atoms with Gasteiger partial charge in [0.15, 0.2) is 5.65 Å². The molecule has 1 aromatic carbocycles. The first-order valence-corrected chi connectivity index (χ1v) is 13.0. The number of hydrogen-bond donors (Lipinski definition) is 3. The van der Waals surface area contributed by atoms with E-state index in [9.17, 15) is 9.18 Å². The Hall–Kier alpha value is -2.60. The van der Waals surface area contributed by atoms with E-state index in [-0.39, 0.29) is 24.5 Å². The molecule has 0 radical (unpaired) electrons. The van der Waals surface area contributed by atoms with Crippen LogP contribution in [-0.4, -0.2) is 50.9 Å². The quantitative estimate of drug-likeness (QED) is 0.295. The summed E-state index contributed by atoms with van der Waals surface area (Å²) in [6, 6.07) is 2.64. The standard InChI is InChI=1S/C23H24Cl3FN8O2/c24-12-7-14(25)19(15(26)8-12)32-23-31-18-9-29-22(30-17-5-6-37-10-16(17)27)33-20(18)35(23)13-3-1-11(2-4-13)21(36)34-28/h7-9,11,13,16-17,28H,1-6,10H2,(H,31,32)(H,29,30,33)/t11?,13?,16-,17+/m1/s1. The van der Waals surface area contributed by atoms with Crippen LogP contribution in [0.15, 0.2) is 23.4 Å². The summed E-state index contributed by atoms with van der Waals surface area (Å²) < 4.78 is 21.5. The molecule has 1 amide bonds. The number of alkyl halides is 1. The number of aromatic nitrogens is 4. The number of nitrogens with zero attached hydrogens (tertiary/aromatic N) is 5. The molecule has 10 nitrogen and oxygen atoms in total. The zero-order chi connectivity index (χ0) is 26.1. The molecule has 1 aliphatic heterocycles. The van der Waals surface area contributed by atoms with Crippen LogP contribution in [0.1, 0.15) is 38.1 Å². The molecule has 0 bridgehead atoms. The Kier molecular flexibility index (Phi) is 7.75. The lowest BCUT2D eigenvalue weighted by Crippen LogP contribution is -2.39. The van der Waals surface area contributed by atoms with Crippen LogP contribution in [0.25, 0.3) is 11.2 Å². The van der Waals surface area contributed by atoms with E-state index >= 15 is 0 Å². The third kappa shape index (κ3) is 5.50. The van der Waals surface area contributed by atoms with Gasteiger partial charge in [0.2, 0.25) is 11.9 Å². The first-order valence-electron chi connectivity index (χ1n) is 11.9. The summed E-state index contributed by atoms with van der Waals surface area (Å²) >= 11 is 18.9. The highest BCUT2D eigenvalue weighted by atomic mass is 35.5. The second kappa shape index (κ2) is 11.0. The monoisotopic (exact) mass is 568 g/mol. The number of rotatable bonds is 6. The lowest BCUT2D eigenvalue weighted by atomic mass is 9.85. The van der Waals surface area contributed by atoms with Crippen molar-refractivity contribution >= 4 is 69.5 Å². The molecule has 5 rings (SSSR count). The molecule has 3 N–H and O–H groups in total. The molecule has 37 heavy (non-hydrogen) atoms. The zero-order valence-electron chi connectivity index (χ0n) is 19.6. The fraction of sp³-hybridized carbons (Fsp3) is 0.478. The van der Waals surface area contributed by atoms with Crippen molar-refractivity contribution in [1.29, 1.82) is 5.53 Å². The number of fused-ring (bicyclic) bond motifs is 1. The van der Waals surface area contributed by atoms with Gasteiger partial charge in [-0.15, -0.1) is 5.11 Å². The van der Waals surface area contributed by atoms with E-state index < -0.39 is 18.1 Å². The average Bonchev–Trinajstić information content (AvgIpc) is 3.24. The van der Waals surface area contributed by atoms with Gasteiger partial charge in [-0.2, -0.15) is 4.98 Å². The van der Waals surface area contributed by atoms with E-state index in [1.807, 2.05) is 4.57 Å². The Morgan fingerprint density at radius 3 is 2.54 bits per heavy atom. The van der Waals surface area contributed by atoms with Gasteiger partial charge < -0.3 is 15.4 Å². The molecule has 1 saturated carbocycles. The van der Waals surface area contributed by atoms with Crippen molar-refractivity contribution in [2.75, 3.05) is 23.8 Å². The van der Waals surface area contributed by atoms with E-state index in [0.717, 1.165) is 0 Å². The van der Waals surface area contributed by atoms with Gasteiger partial charge in [0.1, 0.15) is 11.7 Å². The van der Waals surface area contributed by atoms with Gasteiger partial charge in [-0.25, -0.2) is 19.9 Å². The Morgan fingerprint density at radius 1 is 1.14 bits per heavy atom. The SMILES string of the molecule is N=NC(=O)C1CCC(n2c(Nc3c(Cl)cc(Cl)cc3Cl)nc3cnc(N[C@H]4CCOC[C@H]4F)nc32)CC1. The molecule has 2 atom stereocenters. The summed E-state index contributed by atoms with van der Waals surface area (Å²) in [5.74, 6) is 0.0520. The van der Waals surface area contributed by atoms with Gasteiger partial charge in [0, 0.05) is 23.6 Å². The maximum Gasteiger partial charge on any atom is 0.267 e. The second-order valence-corrected chi connectivity index (χ2v) is 10.4. The first kappa shape index (κ1) is 26.0. The number of halogens is 4. The molecule has 2 fully saturated rings. The molecule has 1 aliphatic carbocycles. The summed E-state index contributed by atoms with van der Waals surface area (Å²) in [7, 11) is 0. The van der Waals surface area contributed by atoms with Crippen molar-refractivity contribution in [1.82, 2.24) is 19.5 Å². The zero-order valence-corrected chi connectivity index (χ0v) is 21.8. The van der Waals surface area contributed by atoms with Crippen molar-refractivity contribution in [3.05, 3.63) is 33.4 Å². The highest BCUT2D eigenvalue weighted by Gasteiger charge is 2.31. The number of hydrogen-bond acceptors (Lipinski definition) is 8. The molecule has 196 valence electrons. The van der Waals surface area contributed by atoms with Crippen molar-refractivity contribution < 1.29 is 13.9 Å². The maximum absolute atomic E-state index is 14.3. The molecule has 2 aliphatic rings. The van der Waals surface area contributed by atoms with E-state index in [0.29, 0.717) is 76.6 Å². The number of benzene rings is 1. The summed E-state index contributed by atoms with van der Waals surface area (Å²) in [6.45, 7) is 0.489. The lowest BCUT2D eigenvalue weighted by molar-refractivity contribution is -0.123. The number of imidazole rings is 1. The Balaban J connectivity index is 1.52. The van der Waals surface area contributed by atoms with Gasteiger partial charge in [-0.3, -0.25) is 9.36 Å². The molecule has 0 spiro atoms. The fourth-order valence-corrected chi connectivity index (χ4v) is 5.78. The van der Waals surface area contributed by atoms with Gasteiger partial charge in [0.25, 0.3) is 5.91 Å². The fourth-order valence-electron chi connectivity index (χ4n) is 4.87. The van der Waals surface area contributed by atoms with Crippen LogP contribution in [0.3, 0.4) is 0 Å². The van der Waals surface area contributed by atoms with Crippen LogP contribution < -0.4 is 10.6 Å². The van der Waals surface area contributed by atoms with E-state index in [2.05, 4.69) is 20.7 Å². The van der Waals surface area contributed by atoms with Crippen LogP contribution in [0.4, 0.5) is 22.0 Å². The van der Waals surface area contributed by atoms with Crippen molar-refractivity contribution in [2.24, 2.45) is 11.0 Å². The highest BCUT2D eigenvalue weighted by molar-refractivity contribution is 6.41. The van der Waals surface area contributed by atoms with Crippen LogP contribution in [0, 0.1) is 11.4 Å². The number of carbonyl (C=O) groups is 1. The summed E-state index contributed by atoms with van der Waals surface area (Å²) in [5.41, 5.74) is 8.57. The molecule has 3 aromatic rings. The smallest absolute Gasteiger partial charge is 0.267 e. The molecular weight excluding hydrogens is 546 g/mol. The predicted octanol–water partition coefficient (Wildman–Crippen LogP) is 6.36. The number of ether oxygens (including phenoxy) is 1. The first-order chi connectivity index (χ1) is 17.8. The minimum atomic E-state index is -1.17. The maximum atomic E-state index is 14.3. The number of anilines is 3. The topological polar surface area (TPSA) is 130 Å². The molecular formula is C23H24Cl3FN8O2. The van der Waals surface area contributed by atoms with Gasteiger partial charge in [-0.1, -0.05) is 34.8 Å². The Labute approximate surface area is 226 Å². The molecule has 0 unspecified atom stereocenters. The number of carbonyl (C=O) groups excluding carboxylic acids is 1. The normalized spacial score (nSPS) is 24.1. The average molecular weight is 570 g/mol. The third-order valence-corrected chi connectivity index (χ3v) is 7.61. The molecule has 1 saturated heterocycles. The summed E-state index contributed by atoms with van der Waals surface area (Å²) in [5, 5.41) is 10.5. The number of nitrogens with one attached hydrogen (secondary N) is 3. The molecule has 3 heterocycles. The largest absolute Gasteiger partial charge is 0.378 e. The molecule has 2 aromatic heterocycles. The minimum Gasteiger partial charge on any atom is -0.378 e. The third-order valence-electron chi connectivity index (χ3n) is 6.80. The molecule has 14 heteroatoms. The summed E-state index contributed by atoms with van der Waals surface area (Å²) in [4.78, 5) is 25.7. The van der Waals surface area contributed by atoms with Crippen LogP contribution in [0.2, 0.25) is 15.1 Å². The van der Waals surface area contributed by atoms with Crippen LogP contribution in [0.5, 0.6) is 0 Å². The predicted molar refractivity (Wildman–Crippen MR) is 139 cm³/mol. The van der Waals surface area contributed by atoms with Crippen LogP contribution >= 0.6 is 34.8 Å². The van der Waals surface area contributed by atoms with Crippen molar-refractivity contribution in [2.45, 2.75) is 50.4 Å². The van der Waals surface area contributed by atoms with Crippen molar-refractivity contribution in [3.8, 4) is 0 Å². The van der Waals surface area contributed by atoms with Gasteiger partial charge >= 0.3 is 0 Å².